The predicted octanol–water partition coefficient (Wildman–Crippen LogP) is 5.39. The number of rotatable bonds is 9. The molecule has 0 fully saturated rings. The van der Waals surface area contributed by atoms with Crippen LogP contribution in [0.4, 0.5) is 0 Å². The number of aromatic hydroxyl groups is 1. The van der Waals surface area contributed by atoms with Gasteiger partial charge in [-0.25, -0.2) is 9.59 Å². The number of carbonyl (C=O) groups is 2. The van der Waals surface area contributed by atoms with E-state index >= 15 is 0 Å². The van der Waals surface area contributed by atoms with Gasteiger partial charge in [-0.1, -0.05) is 37.6 Å². The van der Waals surface area contributed by atoms with Crippen LogP contribution in [0.3, 0.4) is 0 Å². The smallest absolute Gasteiger partial charge is 0.347 e. The maximum atomic E-state index is 12.4. The van der Waals surface area contributed by atoms with E-state index < -0.39 is 18.0 Å². The summed E-state index contributed by atoms with van der Waals surface area (Å²) in [6.07, 6.45) is 1.04. The summed E-state index contributed by atoms with van der Waals surface area (Å²) in [6, 6.07) is 20.3. The molecule has 0 aromatic heterocycles. The summed E-state index contributed by atoms with van der Waals surface area (Å²) in [5.74, 6) is 0.145. The van der Waals surface area contributed by atoms with Crippen LogP contribution in [0.5, 0.6) is 17.2 Å². The summed E-state index contributed by atoms with van der Waals surface area (Å²) >= 11 is 0. The third kappa shape index (κ3) is 6.35. The molecule has 3 aromatic carbocycles. The molecule has 3 aromatic rings. The summed E-state index contributed by atoms with van der Waals surface area (Å²) in [4.78, 5) is 24.3. The van der Waals surface area contributed by atoms with Crippen molar-refractivity contribution in [3.05, 3.63) is 78.4 Å². The molecule has 0 saturated carbocycles. The number of hydrogen-bond acceptors (Lipinski definition) is 6. The molecule has 0 saturated heterocycles. The largest absolute Gasteiger partial charge is 0.508 e. The van der Waals surface area contributed by atoms with Gasteiger partial charge < -0.3 is 19.3 Å². The molecule has 0 spiro atoms. The van der Waals surface area contributed by atoms with Crippen LogP contribution < -0.4 is 9.47 Å². The minimum absolute atomic E-state index is 0.201. The Morgan fingerprint density at radius 1 is 0.844 bits per heavy atom. The molecule has 6 nitrogen and oxygen atoms in total. The highest BCUT2D eigenvalue weighted by molar-refractivity contribution is 5.91. The lowest BCUT2D eigenvalue weighted by Gasteiger charge is -2.14. The zero-order valence-corrected chi connectivity index (χ0v) is 18.1. The van der Waals surface area contributed by atoms with Crippen molar-refractivity contribution in [2.45, 2.75) is 32.8 Å². The Morgan fingerprint density at radius 3 is 2.00 bits per heavy atom. The Morgan fingerprint density at radius 2 is 1.41 bits per heavy atom. The molecule has 1 unspecified atom stereocenters. The first-order chi connectivity index (χ1) is 15.5. The highest BCUT2D eigenvalue weighted by Crippen LogP contribution is 2.23. The Kier molecular flexibility index (Phi) is 7.86. The van der Waals surface area contributed by atoms with Gasteiger partial charge in [0.15, 0.2) is 6.10 Å². The molecule has 0 heterocycles. The van der Waals surface area contributed by atoms with Crippen molar-refractivity contribution in [3.8, 4) is 28.4 Å². The minimum atomic E-state index is -0.729. The predicted molar refractivity (Wildman–Crippen MR) is 121 cm³/mol. The molecule has 1 atom stereocenters. The first kappa shape index (κ1) is 22.9. The van der Waals surface area contributed by atoms with Crippen molar-refractivity contribution in [3.63, 3.8) is 0 Å². The first-order valence-corrected chi connectivity index (χ1v) is 10.5. The van der Waals surface area contributed by atoms with Crippen LogP contribution in [0.2, 0.25) is 0 Å². The van der Waals surface area contributed by atoms with Crippen molar-refractivity contribution in [1.82, 2.24) is 0 Å². The van der Waals surface area contributed by atoms with E-state index in [1.165, 1.54) is 0 Å². The fourth-order valence-electron chi connectivity index (χ4n) is 2.89. The number of phenolic OH excluding ortho intramolecular Hbond substituents is 1. The number of unbranched alkanes of at least 4 members (excludes halogenated alkanes) is 1. The summed E-state index contributed by atoms with van der Waals surface area (Å²) < 4.78 is 16.1. The van der Waals surface area contributed by atoms with Crippen molar-refractivity contribution in [2.24, 2.45) is 0 Å². The summed E-state index contributed by atoms with van der Waals surface area (Å²) in [5, 5.41) is 9.40. The van der Waals surface area contributed by atoms with Crippen LogP contribution >= 0.6 is 0 Å². The first-order valence-electron chi connectivity index (χ1n) is 10.5. The summed E-state index contributed by atoms with van der Waals surface area (Å²) in [6.45, 7) is 4.03. The average molecular weight is 434 g/mol. The topological polar surface area (TPSA) is 82.1 Å². The van der Waals surface area contributed by atoms with Crippen LogP contribution in [-0.2, 0) is 9.53 Å². The number of esters is 2. The van der Waals surface area contributed by atoms with Gasteiger partial charge >= 0.3 is 11.9 Å². The van der Waals surface area contributed by atoms with Crippen molar-refractivity contribution < 1.29 is 28.9 Å². The maximum absolute atomic E-state index is 12.4. The quantitative estimate of drug-likeness (QED) is 0.276. The van der Waals surface area contributed by atoms with Gasteiger partial charge in [-0.3, -0.25) is 0 Å². The molecule has 0 amide bonds. The fourth-order valence-corrected chi connectivity index (χ4v) is 2.89. The Hall–Kier alpha value is -3.80. The molecule has 6 heteroatoms. The molecule has 0 radical (unpaired) electrons. The average Bonchev–Trinajstić information content (AvgIpc) is 2.81. The highest BCUT2D eigenvalue weighted by atomic mass is 16.6. The molecule has 0 aliphatic heterocycles. The lowest BCUT2D eigenvalue weighted by Crippen LogP contribution is -2.26. The molecule has 0 aliphatic rings. The standard InChI is InChI=1S/C26H26O6/c1-3-4-17-30-25(28)18(2)31-23-13-15-24(16-14-23)32-26(29)21-7-5-19(6-8-21)20-9-11-22(27)12-10-20/h5-16,18,27H,3-4,17H2,1-2H3. The van der Waals surface area contributed by atoms with E-state index in [0.29, 0.717) is 23.7 Å². The van der Waals surface area contributed by atoms with Crippen LogP contribution in [0.25, 0.3) is 11.1 Å². The van der Waals surface area contributed by atoms with E-state index in [1.54, 1.807) is 67.6 Å². The van der Waals surface area contributed by atoms with Crippen molar-refractivity contribution in [1.29, 1.82) is 0 Å². The third-order valence-corrected chi connectivity index (χ3v) is 4.74. The van der Waals surface area contributed by atoms with Gasteiger partial charge in [-0.2, -0.15) is 0 Å². The molecule has 0 aliphatic carbocycles. The van der Waals surface area contributed by atoms with Gasteiger partial charge in [0.1, 0.15) is 17.2 Å². The number of ether oxygens (including phenoxy) is 3. The van der Waals surface area contributed by atoms with Crippen LogP contribution in [0.15, 0.2) is 72.8 Å². The number of carbonyl (C=O) groups excluding carboxylic acids is 2. The van der Waals surface area contributed by atoms with E-state index in [2.05, 4.69) is 0 Å². The van der Waals surface area contributed by atoms with Crippen LogP contribution in [-0.4, -0.2) is 29.8 Å². The maximum Gasteiger partial charge on any atom is 0.347 e. The third-order valence-electron chi connectivity index (χ3n) is 4.74. The second kappa shape index (κ2) is 11.0. The van der Waals surface area contributed by atoms with Gasteiger partial charge in [0.05, 0.1) is 12.2 Å². The highest BCUT2D eigenvalue weighted by Gasteiger charge is 2.16. The normalized spacial score (nSPS) is 11.4. The molecule has 166 valence electrons. The zero-order chi connectivity index (χ0) is 22.9. The minimum Gasteiger partial charge on any atom is -0.508 e. The molecule has 1 N–H and O–H groups in total. The number of benzene rings is 3. The van der Waals surface area contributed by atoms with Crippen LogP contribution in [0.1, 0.15) is 37.0 Å². The number of phenols is 1. The van der Waals surface area contributed by atoms with Gasteiger partial charge in [0.25, 0.3) is 0 Å². The summed E-state index contributed by atoms with van der Waals surface area (Å²) in [5.41, 5.74) is 2.27. The molecular weight excluding hydrogens is 408 g/mol. The van der Waals surface area contributed by atoms with Gasteiger partial charge in [0.2, 0.25) is 0 Å². The molecular formula is C26H26O6. The fraction of sp³-hybridized carbons (Fsp3) is 0.231. The van der Waals surface area contributed by atoms with Crippen molar-refractivity contribution in [2.75, 3.05) is 6.61 Å². The lowest BCUT2D eigenvalue weighted by molar-refractivity contribution is -0.151. The zero-order valence-electron chi connectivity index (χ0n) is 18.1. The molecule has 32 heavy (non-hydrogen) atoms. The van der Waals surface area contributed by atoms with Crippen LogP contribution in [0, 0.1) is 0 Å². The number of hydrogen-bond donors (Lipinski definition) is 1. The Bertz CT molecular complexity index is 1020. The molecule has 3 rings (SSSR count). The molecule has 0 bridgehead atoms. The van der Waals surface area contributed by atoms with E-state index in [9.17, 15) is 14.7 Å². The van der Waals surface area contributed by atoms with Gasteiger partial charge in [-0.15, -0.1) is 0 Å². The van der Waals surface area contributed by atoms with Crippen molar-refractivity contribution >= 4 is 11.9 Å². The van der Waals surface area contributed by atoms with Gasteiger partial charge in [0, 0.05) is 0 Å². The summed E-state index contributed by atoms with van der Waals surface area (Å²) in [7, 11) is 0. The van der Waals surface area contributed by atoms with E-state index in [0.717, 1.165) is 24.0 Å². The second-order valence-electron chi connectivity index (χ2n) is 7.27. The Balaban J connectivity index is 1.55. The lowest BCUT2D eigenvalue weighted by atomic mass is 10.0. The second-order valence-corrected chi connectivity index (χ2v) is 7.27. The van der Waals surface area contributed by atoms with E-state index in [-0.39, 0.29) is 5.75 Å². The Labute approximate surface area is 187 Å². The van der Waals surface area contributed by atoms with Gasteiger partial charge in [-0.05, 0) is 73.0 Å². The van der Waals surface area contributed by atoms with E-state index in [1.807, 2.05) is 19.1 Å². The SMILES string of the molecule is CCCCOC(=O)C(C)Oc1ccc(OC(=O)c2ccc(-c3ccc(O)cc3)cc2)cc1. The van der Waals surface area contributed by atoms with E-state index in [4.69, 9.17) is 14.2 Å². The monoisotopic (exact) mass is 434 g/mol.